The number of hydrogen-bond donors (Lipinski definition) is 0. The lowest BCUT2D eigenvalue weighted by molar-refractivity contribution is 0.315. The van der Waals surface area contributed by atoms with E-state index in [1.807, 2.05) is 18.2 Å². The van der Waals surface area contributed by atoms with Crippen molar-refractivity contribution in [2.24, 2.45) is 0 Å². The molecule has 2 aromatic rings. The van der Waals surface area contributed by atoms with Crippen LogP contribution in [0.15, 0.2) is 45.3 Å². The minimum Gasteiger partial charge on any atom is -0.492 e. The molecule has 112 valence electrons. The Hall–Kier alpha value is -0.580. The van der Waals surface area contributed by atoms with E-state index in [2.05, 4.69) is 38.8 Å². The van der Waals surface area contributed by atoms with Crippen molar-refractivity contribution < 1.29 is 9.13 Å². The van der Waals surface area contributed by atoms with Gasteiger partial charge < -0.3 is 4.74 Å². The van der Waals surface area contributed by atoms with Gasteiger partial charge in [0.25, 0.3) is 0 Å². The van der Waals surface area contributed by atoms with E-state index >= 15 is 0 Å². The fraction of sp³-hybridized carbons (Fsp3) is 0.250. The summed E-state index contributed by atoms with van der Waals surface area (Å²) in [5.41, 5.74) is 1.57. The summed E-state index contributed by atoms with van der Waals surface area (Å²) in [6, 6.07) is 10.2. The molecule has 0 aliphatic rings. The molecule has 2 rings (SSSR count). The highest BCUT2D eigenvalue weighted by molar-refractivity contribution is 9.10. The number of alkyl halides is 1. The van der Waals surface area contributed by atoms with Crippen molar-refractivity contribution in [3.8, 4) is 5.75 Å². The van der Waals surface area contributed by atoms with E-state index in [0.29, 0.717) is 12.2 Å². The fourth-order valence-electron chi connectivity index (χ4n) is 1.89. The van der Waals surface area contributed by atoms with Gasteiger partial charge in [0.2, 0.25) is 0 Å². The van der Waals surface area contributed by atoms with Gasteiger partial charge in [-0.15, -0.1) is 11.6 Å². The predicted molar refractivity (Wildman–Crippen MR) is 91.7 cm³/mol. The number of hydrogen-bond acceptors (Lipinski definition) is 1. The van der Waals surface area contributed by atoms with Gasteiger partial charge >= 0.3 is 0 Å². The molecular formula is C16H14Br2ClFO. The molecule has 0 fully saturated rings. The molecule has 1 nitrogen and oxygen atoms in total. The first-order valence-corrected chi connectivity index (χ1v) is 8.56. The zero-order valence-electron chi connectivity index (χ0n) is 11.4. The topological polar surface area (TPSA) is 9.23 Å². The molecule has 0 saturated carbocycles. The van der Waals surface area contributed by atoms with E-state index in [1.165, 1.54) is 12.1 Å². The molecule has 0 aromatic heterocycles. The first-order valence-electron chi connectivity index (χ1n) is 6.54. The average Bonchev–Trinajstić information content (AvgIpc) is 2.47. The minimum absolute atomic E-state index is 0.305. The van der Waals surface area contributed by atoms with E-state index in [-0.39, 0.29) is 5.82 Å². The Kier molecular flexibility index (Phi) is 6.08. The Morgan fingerprint density at radius 1 is 1.14 bits per heavy atom. The Morgan fingerprint density at radius 3 is 2.57 bits per heavy atom. The highest BCUT2D eigenvalue weighted by Gasteiger charge is 2.16. The fourth-order valence-corrected chi connectivity index (χ4v) is 3.33. The summed E-state index contributed by atoms with van der Waals surface area (Å²) in [5.74, 6) is 0.476. The van der Waals surface area contributed by atoms with E-state index in [1.54, 1.807) is 6.07 Å². The number of ether oxygens (including phenoxy) is 1. The molecule has 0 amide bonds. The Labute approximate surface area is 145 Å². The average molecular weight is 437 g/mol. The van der Waals surface area contributed by atoms with Crippen LogP contribution in [0, 0.1) is 5.82 Å². The van der Waals surface area contributed by atoms with Crippen molar-refractivity contribution in [3.05, 3.63) is 62.3 Å². The normalized spacial score (nSPS) is 12.2. The second-order valence-electron chi connectivity index (χ2n) is 4.57. The third-order valence-electron chi connectivity index (χ3n) is 2.94. The zero-order valence-corrected chi connectivity index (χ0v) is 15.3. The van der Waals surface area contributed by atoms with E-state index in [0.717, 1.165) is 26.7 Å². The lowest BCUT2D eigenvalue weighted by Gasteiger charge is -2.14. The van der Waals surface area contributed by atoms with Crippen molar-refractivity contribution in [1.82, 2.24) is 0 Å². The maximum absolute atomic E-state index is 13.4. The second-order valence-corrected chi connectivity index (χ2v) is 6.71. The molecule has 5 heteroatoms. The van der Waals surface area contributed by atoms with Crippen LogP contribution >= 0.6 is 43.5 Å². The summed E-state index contributed by atoms with van der Waals surface area (Å²) in [5, 5.41) is -0.438. The smallest absolute Gasteiger partial charge is 0.133 e. The number of rotatable bonds is 5. The van der Waals surface area contributed by atoms with Crippen LogP contribution in [0.25, 0.3) is 0 Å². The monoisotopic (exact) mass is 434 g/mol. The second kappa shape index (κ2) is 7.61. The van der Waals surface area contributed by atoms with Gasteiger partial charge in [-0.05, 0) is 63.8 Å². The van der Waals surface area contributed by atoms with Gasteiger partial charge in [-0.2, -0.15) is 0 Å². The Morgan fingerprint density at radius 2 is 1.90 bits per heavy atom. The van der Waals surface area contributed by atoms with Crippen LogP contribution in [0.2, 0.25) is 0 Å². The predicted octanol–water partition coefficient (Wildman–Crippen LogP) is 6.47. The van der Waals surface area contributed by atoms with Crippen LogP contribution in [0.5, 0.6) is 5.75 Å². The van der Waals surface area contributed by atoms with Gasteiger partial charge in [-0.25, -0.2) is 4.39 Å². The molecular weight excluding hydrogens is 422 g/mol. The summed E-state index contributed by atoms with van der Waals surface area (Å²) in [7, 11) is 0. The first kappa shape index (κ1) is 16.8. The van der Waals surface area contributed by atoms with Crippen molar-refractivity contribution in [1.29, 1.82) is 0 Å². The van der Waals surface area contributed by atoms with Crippen LogP contribution in [-0.2, 0) is 0 Å². The summed E-state index contributed by atoms with van der Waals surface area (Å²) in [4.78, 5) is 0. The molecule has 0 aliphatic heterocycles. The molecule has 0 heterocycles. The summed E-state index contributed by atoms with van der Waals surface area (Å²) < 4.78 is 20.6. The van der Waals surface area contributed by atoms with Gasteiger partial charge in [-0.1, -0.05) is 28.9 Å². The molecule has 1 unspecified atom stereocenters. The molecule has 0 aliphatic carbocycles. The lowest BCUT2D eigenvalue weighted by atomic mass is 10.0. The summed E-state index contributed by atoms with van der Waals surface area (Å²) in [6.45, 7) is 2.72. The van der Waals surface area contributed by atoms with E-state index in [9.17, 15) is 4.39 Å². The van der Waals surface area contributed by atoms with Crippen molar-refractivity contribution in [2.75, 3.05) is 6.61 Å². The standard InChI is InChI=1S/C16H14Br2ClFO/c1-2-7-21-15-6-3-10(8-14(15)18)16(19)12-9-11(20)4-5-13(12)17/h3-6,8-9,16H,2,7H2,1H3. The summed E-state index contributed by atoms with van der Waals surface area (Å²) >= 11 is 13.4. The Balaban J connectivity index is 2.29. The lowest BCUT2D eigenvalue weighted by Crippen LogP contribution is -1.99. The van der Waals surface area contributed by atoms with Gasteiger partial charge in [0.05, 0.1) is 16.5 Å². The van der Waals surface area contributed by atoms with Crippen LogP contribution in [0.1, 0.15) is 29.8 Å². The molecule has 2 aromatic carbocycles. The number of halogens is 4. The van der Waals surface area contributed by atoms with Crippen LogP contribution in [0.4, 0.5) is 4.39 Å². The van der Waals surface area contributed by atoms with E-state index < -0.39 is 5.38 Å². The molecule has 0 saturated heterocycles. The van der Waals surface area contributed by atoms with Crippen LogP contribution < -0.4 is 4.74 Å². The maximum Gasteiger partial charge on any atom is 0.133 e. The molecule has 0 spiro atoms. The van der Waals surface area contributed by atoms with E-state index in [4.69, 9.17) is 16.3 Å². The van der Waals surface area contributed by atoms with Crippen molar-refractivity contribution in [3.63, 3.8) is 0 Å². The van der Waals surface area contributed by atoms with Gasteiger partial charge in [0.15, 0.2) is 0 Å². The Bertz CT molecular complexity index is 634. The largest absolute Gasteiger partial charge is 0.492 e. The number of benzene rings is 2. The SMILES string of the molecule is CCCOc1ccc(C(Cl)c2cc(F)ccc2Br)cc1Br. The molecule has 21 heavy (non-hydrogen) atoms. The van der Waals surface area contributed by atoms with Crippen molar-refractivity contribution >= 4 is 43.5 Å². The van der Waals surface area contributed by atoms with Gasteiger partial charge in [0.1, 0.15) is 11.6 Å². The van der Waals surface area contributed by atoms with Crippen molar-refractivity contribution in [2.45, 2.75) is 18.7 Å². The molecule has 1 atom stereocenters. The van der Waals surface area contributed by atoms with Crippen LogP contribution in [-0.4, -0.2) is 6.61 Å². The first-order chi connectivity index (χ1) is 10.0. The minimum atomic E-state index is -0.438. The summed E-state index contributed by atoms with van der Waals surface area (Å²) in [6.07, 6.45) is 0.947. The maximum atomic E-state index is 13.4. The highest BCUT2D eigenvalue weighted by atomic mass is 79.9. The quantitative estimate of drug-likeness (QED) is 0.488. The third-order valence-corrected chi connectivity index (χ3v) is 4.77. The van der Waals surface area contributed by atoms with Gasteiger partial charge in [0, 0.05) is 4.47 Å². The molecule has 0 radical (unpaired) electrons. The zero-order chi connectivity index (χ0) is 15.4. The third kappa shape index (κ3) is 4.21. The highest BCUT2D eigenvalue weighted by Crippen LogP contribution is 2.37. The molecule has 0 bridgehead atoms. The van der Waals surface area contributed by atoms with Gasteiger partial charge in [-0.3, -0.25) is 0 Å². The van der Waals surface area contributed by atoms with Crippen LogP contribution in [0.3, 0.4) is 0 Å². The molecule has 0 N–H and O–H groups in total.